The van der Waals surface area contributed by atoms with Gasteiger partial charge in [0, 0.05) is 25.2 Å². The molecule has 2 unspecified atom stereocenters. The summed E-state index contributed by atoms with van der Waals surface area (Å²) in [7, 11) is 0. The molecule has 1 aliphatic rings. The molecule has 0 saturated carbocycles. The standard InChI is InChI=1S/C13H28N2/c1-10(2)7-14-13-6-12(5)8-15(9-13)11(3)4/h10-14H,6-9H2,1-5H3. The maximum atomic E-state index is 3.69. The van der Waals surface area contributed by atoms with Crippen LogP contribution in [0.15, 0.2) is 0 Å². The number of hydrogen-bond acceptors (Lipinski definition) is 2. The molecule has 1 rings (SSSR count). The largest absolute Gasteiger partial charge is 0.312 e. The summed E-state index contributed by atoms with van der Waals surface area (Å²) in [5.41, 5.74) is 0. The molecule has 15 heavy (non-hydrogen) atoms. The molecule has 0 amide bonds. The van der Waals surface area contributed by atoms with E-state index in [0.717, 1.165) is 18.4 Å². The molecule has 90 valence electrons. The molecule has 0 spiro atoms. The van der Waals surface area contributed by atoms with Gasteiger partial charge in [-0.15, -0.1) is 0 Å². The van der Waals surface area contributed by atoms with Gasteiger partial charge in [0.15, 0.2) is 0 Å². The van der Waals surface area contributed by atoms with Crippen LogP contribution in [-0.4, -0.2) is 36.6 Å². The molecule has 1 aliphatic heterocycles. The van der Waals surface area contributed by atoms with Gasteiger partial charge in [0.1, 0.15) is 0 Å². The van der Waals surface area contributed by atoms with Gasteiger partial charge in [-0.25, -0.2) is 0 Å². The van der Waals surface area contributed by atoms with Crippen LogP contribution in [0.2, 0.25) is 0 Å². The van der Waals surface area contributed by atoms with Crippen LogP contribution in [0.1, 0.15) is 41.0 Å². The van der Waals surface area contributed by atoms with Gasteiger partial charge < -0.3 is 5.32 Å². The Morgan fingerprint density at radius 2 is 1.87 bits per heavy atom. The summed E-state index contributed by atoms with van der Waals surface area (Å²) in [6, 6.07) is 1.40. The van der Waals surface area contributed by atoms with Gasteiger partial charge in [0.2, 0.25) is 0 Å². The van der Waals surface area contributed by atoms with Gasteiger partial charge >= 0.3 is 0 Å². The molecule has 0 aliphatic carbocycles. The first-order chi connectivity index (χ1) is 6.99. The lowest BCUT2D eigenvalue weighted by Gasteiger charge is -2.39. The molecule has 2 nitrogen and oxygen atoms in total. The van der Waals surface area contributed by atoms with Gasteiger partial charge in [0.25, 0.3) is 0 Å². The van der Waals surface area contributed by atoms with Gasteiger partial charge in [0.05, 0.1) is 0 Å². The normalized spacial score (nSPS) is 29.0. The molecule has 0 aromatic carbocycles. The Hall–Kier alpha value is -0.0800. The molecule has 0 radical (unpaired) electrons. The molecule has 1 N–H and O–H groups in total. The molecule has 1 heterocycles. The summed E-state index contributed by atoms with van der Waals surface area (Å²) < 4.78 is 0. The van der Waals surface area contributed by atoms with Crippen LogP contribution >= 0.6 is 0 Å². The lowest BCUT2D eigenvalue weighted by Crippen LogP contribution is -2.51. The fourth-order valence-corrected chi connectivity index (χ4v) is 2.36. The van der Waals surface area contributed by atoms with Crippen molar-refractivity contribution in [3.05, 3.63) is 0 Å². The number of piperidine rings is 1. The minimum Gasteiger partial charge on any atom is -0.312 e. The van der Waals surface area contributed by atoms with Crippen molar-refractivity contribution in [3.8, 4) is 0 Å². The van der Waals surface area contributed by atoms with E-state index in [0.29, 0.717) is 12.1 Å². The molecule has 2 heteroatoms. The number of hydrogen-bond donors (Lipinski definition) is 1. The van der Waals surface area contributed by atoms with Crippen molar-refractivity contribution < 1.29 is 0 Å². The van der Waals surface area contributed by atoms with Crippen LogP contribution in [-0.2, 0) is 0 Å². The van der Waals surface area contributed by atoms with Gasteiger partial charge in [-0.05, 0) is 38.6 Å². The number of rotatable bonds is 4. The van der Waals surface area contributed by atoms with Crippen molar-refractivity contribution in [1.82, 2.24) is 10.2 Å². The van der Waals surface area contributed by atoms with Gasteiger partial charge in [-0.1, -0.05) is 20.8 Å². The maximum absolute atomic E-state index is 3.69. The second-order valence-corrected chi connectivity index (χ2v) is 5.89. The van der Waals surface area contributed by atoms with E-state index >= 15 is 0 Å². The molecule has 1 fully saturated rings. The second-order valence-electron chi connectivity index (χ2n) is 5.89. The Bertz CT molecular complexity index is 177. The Morgan fingerprint density at radius 1 is 1.20 bits per heavy atom. The summed E-state index contributed by atoms with van der Waals surface area (Å²) >= 11 is 0. The Balaban J connectivity index is 2.37. The molecule has 2 atom stereocenters. The van der Waals surface area contributed by atoms with E-state index in [2.05, 4.69) is 44.8 Å². The third kappa shape index (κ3) is 4.52. The first kappa shape index (κ1) is 13.0. The molecular formula is C13H28N2. The summed E-state index contributed by atoms with van der Waals surface area (Å²) in [5, 5.41) is 3.69. The van der Waals surface area contributed by atoms with E-state index in [4.69, 9.17) is 0 Å². The zero-order chi connectivity index (χ0) is 11.4. The minimum atomic E-state index is 0.691. The third-order valence-corrected chi connectivity index (χ3v) is 3.23. The fourth-order valence-electron chi connectivity index (χ4n) is 2.36. The predicted molar refractivity (Wildman–Crippen MR) is 67.1 cm³/mol. The SMILES string of the molecule is CC(C)CNC1CC(C)CN(C(C)C)C1. The summed E-state index contributed by atoms with van der Waals surface area (Å²) in [6.07, 6.45) is 1.34. The van der Waals surface area contributed by atoms with Crippen molar-refractivity contribution in [1.29, 1.82) is 0 Å². The summed E-state index contributed by atoms with van der Waals surface area (Å²) in [4.78, 5) is 2.60. The number of nitrogens with one attached hydrogen (secondary N) is 1. The molecule has 1 saturated heterocycles. The van der Waals surface area contributed by atoms with E-state index in [1.54, 1.807) is 0 Å². The molecule has 0 aromatic heterocycles. The number of nitrogens with zero attached hydrogens (tertiary/aromatic N) is 1. The van der Waals surface area contributed by atoms with E-state index in [1.807, 2.05) is 0 Å². The zero-order valence-corrected chi connectivity index (χ0v) is 11.1. The van der Waals surface area contributed by atoms with Crippen molar-refractivity contribution in [2.24, 2.45) is 11.8 Å². The van der Waals surface area contributed by atoms with Crippen molar-refractivity contribution >= 4 is 0 Å². The van der Waals surface area contributed by atoms with Crippen LogP contribution in [0.5, 0.6) is 0 Å². The number of likely N-dealkylation sites (tertiary alicyclic amines) is 1. The van der Waals surface area contributed by atoms with Crippen molar-refractivity contribution in [2.45, 2.75) is 53.1 Å². The molecule has 0 bridgehead atoms. The van der Waals surface area contributed by atoms with Crippen LogP contribution in [0, 0.1) is 11.8 Å². The van der Waals surface area contributed by atoms with E-state index in [9.17, 15) is 0 Å². The predicted octanol–water partition coefficient (Wildman–Crippen LogP) is 2.35. The average molecular weight is 212 g/mol. The van der Waals surface area contributed by atoms with Crippen LogP contribution in [0.25, 0.3) is 0 Å². The quantitative estimate of drug-likeness (QED) is 0.769. The Kier molecular flexibility index (Phi) is 5.07. The smallest absolute Gasteiger partial charge is 0.0198 e. The highest BCUT2D eigenvalue weighted by molar-refractivity contribution is 4.83. The summed E-state index contributed by atoms with van der Waals surface area (Å²) in [6.45, 7) is 15.2. The Labute approximate surface area is 95.4 Å². The van der Waals surface area contributed by atoms with Gasteiger partial charge in [-0.2, -0.15) is 0 Å². The van der Waals surface area contributed by atoms with E-state index < -0.39 is 0 Å². The lowest BCUT2D eigenvalue weighted by molar-refractivity contribution is 0.117. The van der Waals surface area contributed by atoms with Crippen LogP contribution < -0.4 is 5.32 Å². The average Bonchev–Trinajstić information content (AvgIpc) is 2.13. The fraction of sp³-hybridized carbons (Fsp3) is 1.00. The first-order valence-corrected chi connectivity index (χ1v) is 6.46. The van der Waals surface area contributed by atoms with Crippen LogP contribution in [0.3, 0.4) is 0 Å². The lowest BCUT2D eigenvalue weighted by atomic mass is 9.94. The van der Waals surface area contributed by atoms with Crippen molar-refractivity contribution in [3.63, 3.8) is 0 Å². The minimum absolute atomic E-state index is 0.691. The highest BCUT2D eigenvalue weighted by Gasteiger charge is 2.25. The third-order valence-electron chi connectivity index (χ3n) is 3.23. The zero-order valence-electron chi connectivity index (χ0n) is 11.1. The summed E-state index contributed by atoms with van der Waals surface area (Å²) in [5.74, 6) is 1.60. The maximum Gasteiger partial charge on any atom is 0.0198 e. The van der Waals surface area contributed by atoms with Crippen molar-refractivity contribution in [2.75, 3.05) is 19.6 Å². The van der Waals surface area contributed by atoms with E-state index in [1.165, 1.54) is 19.5 Å². The van der Waals surface area contributed by atoms with Gasteiger partial charge in [-0.3, -0.25) is 4.90 Å². The highest BCUT2D eigenvalue weighted by atomic mass is 15.2. The second kappa shape index (κ2) is 5.86. The Morgan fingerprint density at radius 3 is 2.40 bits per heavy atom. The topological polar surface area (TPSA) is 15.3 Å². The molecule has 0 aromatic rings. The highest BCUT2D eigenvalue weighted by Crippen LogP contribution is 2.18. The first-order valence-electron chi connectivity index (χ1n) is 6.46. The monoisotopic (exact) mass is 212 g/mol. The van der Waals surface area contributed by atoms with E-state index in [-0.39, 0.29) is 0 Å². The van der Waals surface area contributed by atoms with Crippen LogP contribution in [0.4, 0.5) is 0 Å². The molecular weight excluding hydrogens is 184 g/mol.